The number of hydrogen-bond donors (Lipinski definition) is 0. The third-order valence-corrected chi connectivity index (χ3v) is 3.60. The lowest BCUT2D eigenvalue weighted by Crippen LogP contribution is -1.92. The van der Waals surface area contributed by atoms with Crippen molar-refractivity contribution in [3.8, 4) is 0 Å². The summed E-state index contributed by atoms with van der Waals surface area (Å²) in [5, 5.41) is 0. The summed E-state index contributed by atoms with van der Waals surface area (Å²) in [7, 11) is 0. The Morgan fingerprint density at radius 2 is 2.27 bits per heavy atom. The third-order valence-electron chi connectivity index (χ3n) is 2.27. The van der Waals surface area contributed by atoms with E-state index in [-0.39, 0.29) is 0 Å². The van der Waals surface area contributed by atoms with Crippen molar-refractivity contribution in [1.29, 1.82) is 0 Å². The van der Waals surface area contributed by atoms with E-state index >= 15 is 0 Å². The standard InChI is InChI=1S/C10H12S/c1-7-4-3-5-9-10(7)8(2)6-11-9/h3-5,8H,6H2,1-2H3. The minimum Gasteiger partial charge on any atom is -0.125 e. The number of thioether (sulfide) groups is 1. The summed E-state index contributed by atoms with van der Waals surface area (Å²) in [5.41, 5.74) is 3.04. The highest BCUT2D eigenvalue weighted by Gasteiger charge is 2.19. The molecule has 1 unspecified atom stereocenters. The maximum absolute atomic E-state index is 2.31. The Kier molecular flexibility index (Phi) is 1.68. The van der Waals surface area contributed by atoms with Gasteiger partial charge in [-0.1, -0.05) is 19.1 Å². The predicted molar refractivity (Wildman–Crippen MR) is 50.3 cm³/mol. The molecule has 0 nitrogen and oxygen atoms in total. The summed E-state index contributed by atoms with van der Waals surface area (Å²) in [6.45, 7) is 4.52. The maximum Gasteiger partial charge on any atom is 0.0110 e. The molecule has 0 aromatic heterocycles. The van der Waals surface area contributed by atoms with Crippen molar-refractivity contribution in [2.75, 3.05) is 5.75 Å². The van der Waals surface area contributed by atoms with Crippen molar-refractivity contribution in [2.24, 2.45) is 0 Å². The molecule has 1 aromatic rings. The van der Waals surface area contributed by atoms with Gasteiger partial charge in [-0.15, -0.1) is 11.8 Å². The van der Waals surface area contributed by atoms with Gasteiger partial charge in [0.2, 0.25) is 0 Å². The Morgan fingerprint density at radius 3 is 3.00 bits per heavy atom. The Bertz CT molecular complexity index is 278. The molecule has 2 rings (SSSR count). The van der Waals surface area contributed by atoms with Gasteiger partial charge < -0.3 is 0 Å². The van der Waals surface area contributed by atoms with E-state index in [1.165, 1.54) is 16.2 Å². The molecule has 1 heterocycles. The minimum atomic E-state index is 0.760. The smallest absolute Gasteiger partial charge is 0.0110 e. The zero-order valence-corrected chi connectivity index (χ0v) is 7.74. The van der Waals surface area contributed by atoms with Gasteiger partial charge in [-0.2, -0.15) is 0 Å². The Hall–Kier alpha value is -0.430. The summed E-state index contributed by atoms with van der Waals surface area (Å²) < 4.78 is 0. The second-order valence-corrected chi connectivity index (χ2v) is 4.26. The average molecular weight is 164 g/mol. The molecule has 58 valence electrons. The average Bonchev–Trinajstić information content (AvgIpc) is 2.34. The van der Waals surface area contributed by atoms with E-state index in [1.54, 1.807) is 5.56 Å². The van der Waals surface area contributed by atoms with Crippen LogP contribution in [0.4, 0.5) is 0 Å². The largest absolute Gasteiger partial charge is 0.125 e. The fraction of sp³-hybridized carbons (Fsp3) is 0.400. The van der Waals surface area contributed by atoms with Gasteiger partial charge in [0, 0.05) is 10.6 Å². The normalized spacial score (nSPS) is 21.8. The molecule has 0 amide bonds. The van der Waals surface area contributed by atoms with E-state index in [2.05, 4.69) is 32.0 Å². The molecule has 1 heteroatoms. The van der Waals surface area contributed by atoms with Crippen LogP contribution in [0.2, 0.25) is 0 Å². The van der Waals surface area contributed by atoms with Gasteiger partial charge in [-0.3, -0.25) is 0 Å². The molecular formula is C10H12S. The van der Waals surface area contributed by atoms with E-state index < -0.39 is 0 Å². The first-order chi connectivity index (χ1) is 5.29. The van der Waals surface area contributed by atoms with Gasteiger partial charge in [-0.25, -0.2) is 0 Å². The molecule has 0 spiro atoms. The molecule has 0 radical (unpaired) electrons. The first kappa shape index (κ1) is 7.23. The van der Waals surface area contributed by atoms with Gasteiger partial charge in [0.1, 0.15) is 0 Å². The summed E-state index contributed by atoms with van der Waals surface area (Å²) in [5.74, 6) is 2.02. The second-order valence-electron chi connectivity index (χ2n) is 3.20. The van der Waals surface area contributed by atoms with Crippen LogP contribution >= 0.6 is 11.8 Å². The van der Waals surface area contributed by atoms with E-state index in [1.807, 2.05) is 11.8 Å². The summed E-state index contributed by atoms with van der Waals surface area (Å²) >= 11 is 1.99. The van der Waals surface area contributed by atoms with Crippen molar-refractivity contribution >= 4 is 11.8 Å². The van der Waals surface area contributed by atoms with Crippen molar-refractivity contribution in [1.82, 2.24) is 0 Å². The zero-order valence-electron chi connectivity index (χ0n) is 6.92. The van der Waals surface area contributed by atoms with E-state index in [0.29, 0.717) is 0 Å². The van der Waals surface area contributed by atoms with Crippen LogP contribution in [-0.2, 0) is 0 Å². The van der Waals surface area contributed by atoms with Crippen LogP contribution in [0.25, 0.3) is 0 Å². The fourth-order valence-corrected chi connectivity index (χ4v) is 3.00. The number of aryl methyl sites for hydroxylation is 1. The van der Waals surface area contributed by atoms with E-state index in [4.69, 9.17) is 0 Å². The molecule has 0 fully saturated rings. The van der Waals surface area contributed by atoms with Gasteiger partial charge in [0.25, 0.3) is 0 Å². The first-order valence-corrected chi connectivity index (χ1v) is 5.00. The Morgan fingerprint density at radius 1 is 1.45 bits per heavy atom. The maximum atomic E-state index is 2.31. The van der Waals surface area contributed by atoms with Crippen molar-refractivity contribution in [3.63, 3.8) is 0 Å². The minimum absolute atomic E-state index is 0.760. The third kappa shape index (κ3) is 1.08. The fourth-order valence-electron chi connectivity index (χ4n) is 1.71. The molecule has 0 bridgehead atoms. The van der Waals surface area contributed by atoms with Crippen LogP contribution in [-0.4, -0.2) is 5.75 Å². The summed E-state index contributed by atoms with van der Waals surface area (Å²) in [4.78, 5) is 1.50. The van der Waals surface area contributed by atoms with Crippen LogP contribution in [0.1, 0.15) is 24.0 Å². The Balaban J connectivity index is 2.58. The molecule has 1 atom stereocenters. The molecule has 0 saturated heterocycles. The quantitative estimate of drug-likeness (QED) is 0.567. The van der Waals surface area contributed by atoms with Crippen molar-refractivity contribution in [3.05, 3.63) is 29.3 Å². The number of fused-ring (bicyclic) bond motifs is 1. The van der Waals surface area contributed by atoms with Crippen LogP contribution in [0.5, 0.6) is 0 Å². The summed E-state index contributed by atoms with van der Waals surface area (Å²) in [6, 6.07) is 6.59. The van der Waals surface area contributed by atoms with Crippen LogP contribution < -0.4 is 0 Å². The zero-order chi connectivity index (χ0) is 7.84. The van der Waals surface area contributed by atoms with Gasteiger partial charge in [0.05, 0.1) is 0 Å². The molecule has 11 heavy (non-hydrogen) atoms. The van der Waals surface area contributed by atoms with Gasteiger partial charge >= 0.3 is 0 Å². The highest BCUT2D eigenvalue weighted by atomic mass is 32.2. The van der Waals surface area contributed by atoms with E-state index in [0.717, 1.165) is 5.92 Å². The second kappa shape index (κ2) is 2.56. The molecule has 0 saturated carbocycles. The van der Waals surface area contributed by atoms with Crippen LogP contribution in [0.15, 0.2) is 23.1 Å². The number of benzene rings is 1. The highest BCUT2D eigenvalue weighted by Crippen LogP contribution is 2.40. The molecule has 0 aliphatic carbocycles. The lowest BCUT2D eigenvalue weighted by molar-refractivity contribution is 0.870. The van der Waals surface area contributed by atoms with Gasteiger partial charge in [-0.05, 0) is 30.0 Å². The lowest BCUT2D eigenvalue weighted by Gasteiger charge is -2.05. The predicted octanol–water partition coefficient (Wildman–Crippen LogP) is 3.20. The number of rotatable bonds is 0. The Labute approximate surface area is 72.0 Å². The molecule has 1 aromatic carbocycles. The van der Waals surface area contributed by atoms with Crippen molar-refractivity contribution < 1.29 is 0 Å². The van der Waals surface area contributed by atoms with Crippen LogP contribution in [0, 0.1) is 6.92 Å². The first-order valence-electron chi connectivity index (χ1n) is 4.01. The monoisotopic (exact) mass is 164 g/mol. The highest BCUT2D eigenvalue weighted by molar-refractivity contribution is 7.99. The SMILES string of the molecule is Cc1cccc2c1C(C)CS2. The van der Waals surface area contributed by atoms with E-state index in [9.17, 15) is 0 Å². The summed E-state index contributed by atoms with van der Waals surface area (Å²) in [6.07, 6.45) is 0. The molecule has 0 N–H and O–H groups in total. The van der Waals surface area contributed by atoms with Crippen LogP contribution in [0.3, 0.4) is 0 Å². The molecule has 1 aliphatic heterocycles. The topological polar surface area (TPSA) is 0 Å². The van der Waals surface area contributed by atoms with Gasteiger partial charge in [0.15, 0.2) is 0 Å². The number of hydrogen-bond acceptors (Lipinski definition) is 1. The van der Waals surface area contributed by atoms with Crippen molar-refractivity contribution in [2.45, 2.75) is 24.7 Å². The molecule has 1 aliphatic rings. The molecular weight excluding hydrogens is 152 g/mol. The lowest BCUT2D eigenvalue weighted by atomic mass is 9.99.